The number of ether oxygens (including phenoxy) is 1. The number of aliphatic carboxylic acids is 1. The number of carboxylic acids is 1. The Morgan fingerprint density at radius 3 is 2.21 bits per heavy atom. The highest BCUT2D eigenvalue weighted by Crippen LogP contribution is 2.30. The molecule has 0 saturated carbocycles. The van der Waals surface area contributed by atoms with Crippen molar-refractivity contribution < 1.29 is 33.4 Å². The largest absolute Gasteiger partial charge is 0.481 e. The number of ketones is 1. The second-order valence-corrected chi connectivity index (χ2v) is 6.86. The highest BCUT2D eigenvalue weighted by molar-refractivity contribution is 6.39. The summed E-state index contributed by atoms with van der Waals surface area (Å²) in [6.45, 7) is 1.67. The quantitative estimate of drug-likeness (QED) is 0.546. The standard InChI is InChI=1S/C17H19Cl2FN2O6/c1-8(2)15(16(26)21-11(6-13(24)25)12(23)7-20)28-17(27)22-14-9(18)4-3-5-10(14)19/h3-5,8,11,15H,6-7H2,1-2H3,(H,21,26)(H,22,27)(H,24,25). The van der Waals surface area contributed by atoms with Gasteiger partial charge in [-0.1, -0.05) is 43.1 Å². The Kier molecular flexibility index (Phi) is 9.14. The number of nitrogens with one attached hydrogen (secondary N) is 2. The van der Waals surface area contributed by atoms with Crippen LogP contribution in [0.15, 0.2) is 18.2 Å². The van der Waals surface area contributed by atoms with E-state index in [0.717, 1.165) is 0 Å². The maximum absolute atomic E-state index is 12.6. The van der Waals surface area contributed by atoms with Gasteiger partial charge >= 0.3 is 12.1 Å². The van der Waals surface area contributed by atoms with Crippen molar-refractivity contribution in [2.24, 2.45) is 5.92 Å². The summed E-state index contributed by atoms with van der Waals surface area (Å²) in [6.07, 6.45) is -3.23. The molecule has 1 aromatic rings. The summed E-state index contributed by atoms with van der Waals surface area (Å²) in [6, 6.07) is 2.94. The van der Waals surface area contributed by atoms with Gasteiger partial charge in [-0.25, -0.2) is 9.18 Å². The lowest BCUT2D eigenvalue weighted by molar-refractivity contribution is -0.141. The first-order chi connectivity index (χ1) is 13.1. The van der Waals surface area contributed by atoms with Crippen LogP contribution in [0.2, 0.25) is 10.0 Å². The molecule has 2 unspecified atom stereocenters. The predicted molar refractivity (Wildman–Crippen MR) is 100 cm³/mol. The van der Waals surface area contributed by atoms with Gasteiger partial charge in [0.05, 0.1) is 22.2 Å². The van der Waals surface area contributed by atoms with Gasteiger partial charge in [0, 0.05) is 0 Å². The Morgan fingerprint density at radius 1 is 1.18 bits per heavy atom. The molecule has 8 nitrogen and oxygen atoms in total. The number of amides is 2. The van der Waals surface area contributed by atoms with Crippen molar-refractivity contribution in [3.05, 3.63) is 28.2 Å². The Balaban J connectivity index is 2.88. The fraction of sp³-hybridized carbons (Fsp3) is 0.412. The van der Waals surface area contributed by atoms with Crippen LogP contribution in [-0.2, 0) is 19.1 Å². The topological polar surface area (TPSA) is 122 Å². The second-order valence-electron chi connectivity index (χ2n) is 6.05. The lowest BCUT2D eigenvalue weighted by atomic mass is 10.0. The predicted octanol–water partition coefficient (Wildman–Crippen LogP) is 3.06. The Bertz CT molecular complexity index is 739. The van der Waals surface area contributed by atoms with E-state index in [1.54, 1.807) is 19.9 Å². The molecule has 0 saturated heterocycles. The zero-order valence-corrected chi connectivity index (χ0v) is 16.5. The van der Waals surface area contributed by atoms with Crippen LogP contribution in [0.5, 0.6) is 0 Å². The minimum absolute atomic E-state index is 0.0788. The van der Waals surface area contributed by atoms with Gasteiger partial charge in [-0.15, -0.1) is 0 Å². The lowest BCUT2D eigenvalue weighted by Gasteiger charge is -2.23. The number of carbonyl (C=O) groups excluding carboxylic acids is 3. The van der Waals surface area contributed by atoms with Crippen LogP contribution in [-0.4, -0.2) is 47.7 Å². The van der Waals surface area contributed by atoms with E-state index in [0.29, 0.717) is 0 Å². The summed E-state index contributed by atoms with van der Waals surface area (Å²) in [4.78, 5) is 46.8. The Labute approximate surface area is 170 Å². The fourth-order valence-electron chi connectivity index (χ4n) is 2.12. The number of hydrogen-bond acceptors (Lipinski definition) is 5. The van der Waals surface area contributed by atoms with Gasteiger partial charge in [-0.2, -0.15) is 0 Å². The molecule has 11 heteroatoms. The number of carbonyl (C=O) groups is 4. The molecule has 0 bridgehead atoms. The number of halogens is 3. The molecule has 0 aliphatic rings. The van der Waals surface area contributed by atoms with Crippen molar-refractivity contribution in [3.8, 4) is 0 Å². The van der Waals surface area contributed by atoms with Gasteiger partial charge in [-0.3, -0.25) is 19.7 Å². The number of anilines is 1. The van der Waals surface area contributed by atoms with E-state index in [1.165, 1.54) is 12.1 Å². The normalized spacial score (nSPS) is 12.8. The summed E-state index contributed by atoms with van der Waals surface area (Å²) in [5, 5.41) is 13.5. The van der Waals surface area contributed by atoms with Gasteiger partial charge in [-0.05, 0) is 18.1 Å². The average molecular weight is 437 g/mol. The number of hydrogen-bond donors (Lipinski definition) is 3. The Morgan fingerprint density at radius 2 is 1.75 bits per heavy atom. The van der Waals surface area contributed by atoms with Crippen molar-refractivity contribution >= 4 is 52.6 Å². The van der Waals surface area contributed by atoms with Gasteiger partial charge < -0.3 is 15.2 Å². The van der Waals surface area contributed by atoms with Crippen LogP contribution < -0.4 is 10.6 Å². The number of Topliss-reactive ketones (excluding diaryl/α,β-unsaturated/α-hetero) is 1. The third kappa shape index (κ3) is 6.97. The van der Waals surface area contributed by atoms with E-state index in [1.807, 2.05) is 0 Å². The summed E-state index contributed by atoms with van der Waals surface area (Å²) >= 11 is 11.9. The molecule has 1 rings (SSSR count). The van der Waals surface area contributed by atoms with Crippen molar-refractivity contribution in [3.63, 3.8) is 0 Å². The molecule has 0 heterocycles. The fourth-order valence-corrected chi connectivity index (χ4v) is 2.62. The highest BCUT2D eigenvalue weighted by atomic mass is 35.5. The molecule has 154 valence electrons. The minimum Gasteiger partial charge on any atom is -0.481 e. The van der Waals surface area contributed by atoms with Crippen LogP contribution >= 0.6 is 23.2 Å². The van der Waals surface area contributed by atoms with Crippen LogP contribution in [0.3, 0.4) is 0 Å². The lowest BCUT2D eigenvalue weighted by Crippen LogP contribution is -2.49. The van der Waals surface area contributed by atoms with Crippen LogP contribution in [0.1, 0.15) is 20.3 Å². The zero-order chi connectivity index (χ0) is 21.4. The van der Waals surface area contributed by atoms with E-state index >= 15 is 0 Å². The maximum atomic E-state index is 12.6. The van der Waals surface area contributed by atoms with Crippen LogP contribution in [0, 0.1) is 5.92 Å². The van der Waals surface area contributed by atoms with Gasteiger partial charge in [0.2, 0.25) is 0 Å². The van der Waals surface area contributed by atoms with E-state index in [2.05, 4.69) is 10.6 Å². The van der Waals surface area contributed by atoms with E-state index in [9.17, 15) is 23.6 Å². The highest BCUT2D eigenvalue weighted by Gasteiger charge is 2.31. The number of rotatable bonds is 9. The third-order valence-corrected chi connectivity index (χ3v) is 4.13. The molecule has 0 fully saturated rings. The molecule has 0 radical (unpaired) electrons. The Hall–Kier alpha value is -2.39. The zero-order valence-electron chi connectivity index (χ0n) is 15.0. The van der Waals surface area contributed by atoms with Crippen LogP contribution in [0.4, 0.5) is 14.9 Å². The average Bonchev–Trinajstić information content (AvgIpc) is 2.60. The van der Waals surface area contributed by atoms with E-state index in [4.69, 9.17) is 33.0 Å². The molecule has 0 aromatic heterocycles. The second kappa shape index (κ2) is 10.8. The first-order valence-electron chi connectivity index (χ1n) is 8.09. The summed E-state index contributed by atoms with van der Waals surface area (Å²) in [5.74, 6) is -3.99. The van der Waals surface area contributed by atoms with Crippen molar-refractivity contribution in [2.75, 3.05) is 12.0 Å². The SMILES string of the molecule is CC(C)C(OC(=O)Nc1c(Cl)cccc1Cl)C(=O)NC(CC(=O)O)C(=O)CF. The molecule has 0 aliphatic carbocycles. The van der Waals surface area contributed by atoms with Crippen molar-refractivity contribution in [1.29, 1.82) is 0 Å². The van der Waals surface area contributed by atoms with E-state index < -0.39 is 54.9 Å². The molecular formula is C17H19Cl2FN2O6. The molecular weight excluding hydrogens is 418 g/mol. The number of carboxylic acid groups (broad SMARTS) is 1. The van der Waals surface area contributed by atoms with Gasteiger partial charge in [0.1, 0.15) is 12.7 Å². The third-order valence-electron chi connectivity index (χ3n) is 3.50. The van der Waals surface area contributed by atoms with Crippen molar-refractivity contribution in [2.45, 2.75) is 32.4 Å². The molecule has 2 amide bonds. The minimum atomic E-state index is -1.58. The molecule has 3 N–H and O–H groups in total. The van der Waals surface area contributed by atoms with Gasteiger partial charge in [0.15, 0.2) is 11.9 Å². The first-order valence-corrected chi connectivity index (χ1v) is 8.84. The summed E-state index contributed by atoms with van der Waals surface area (Å²) < 4.78 is 17.7. The number of para-hydroxylation sites is 1. The monoisotopic (exact) mass is 436 g/mol. The number of alkyl halides is 1. The first kappa shape index (κ1) is 23.6. The van der Waals surface area contributed by atoms with Crippen LogP contribution in [0.25, 0.3) is 0 Å². The molecule has 2 atom stereocenters. The van der Waals surface area contributed by atoms with E-state index in [-0.39, 0.29) is 15.7 Å². The smallest absolute Gasteiger partial charge is 0.412 e. The molecule has 1 aromatic carbocycles. The maximum Gasteiger partial charge on any atom is 0.412 e. The van der Waals surface area contributed by atoms with Gasteiger partial charge in [0.25, 0.3) is 5.91 Å². The number of benzene rings is 1. The molecule has 28 heavy (non-hydrogen) atoms. The van der Waals surface area contributed by atoms with Crippen molar-refractivity contribution in [1.82, 2.24) is 5.32 Å². The summed E-state index contributed by atoms with van der Waals surface area (Å²) in [5.41, 5.74) is 0.0788. The molecule has 0 aliphatic heterocycles. The molecule has 0 spiro atoms. The summed E-state index contributed by atoms with van der Waals surface area (Å²) in [7, 11) is 0.